The Labute approximate surface area is 269 Å². The third-order valence-electron chi connectivity index (χ3n) is 7.50. The summed E-state index contributed by atoms with van der Waals surface area (Å²) in [4.78, 5) is 56.3. The van der Waals surface area contributed by atoms with Crippen LogP contribution in [0.2, 0.25) is 0 Å². The van der Waals surface area contributed by atoms with E-state index in [1.807, 2.05) is 0 Å². The number of rotatable bonds is 2. The van der Waals surface area contributed by atoms with E-state index in [1.165, 1.54) is 21.8 Å². The first-order chi connectivity index (χ1) is 22.3. The molecule has 1 unspecified atom stereocenters. The number of nitrogens with zero attached hydrogens (tertiary/aromatic N) is 6. The minimum absolute atomic E-state index is 0.0404. The molecule has 0 spiro atoms. The van der Waals surface area contributed by atoms with E-state index in [2.05, 4.69) is 29.9 Å². The summed E-state index contributed by atoms with van der Waals surface area (Å²) >= 11 is 5.22. The Morgan fingerprint density at radius 1 is 0.894 bits per heavy atom. The van der Waals surface area contributed by atoms with Crippen LogP contribution in [0.5, 0.6) is 0 Å². The minimum atomic E-state index is -4.36. The average Bonchev–Trinajstić information content (AvgIpc) is 3.76. The van der Waals surface area contributed by atoms with E-state index in [4.69, 9.17) is 56.5 Å². The number of aromatic amines is 2. The number of aliphatic hydroxyl groups excluding tert-OH is 2. The number of anilines is 2. The van der Waals surface area contributed by atoms with Crippen molar-refractivity contribution in [1.29, 1.82) is 0 Å². The summed E-state index contributed by atoms with van der Waals surface area (Å²) in [7, 11) is 0.204. The van der Waals surface area contributed by atoms with Gasteiger partial charge < -0.3 is 40.6 Å². The maximum absolute atomic E-state index is 13.8. The highest BCUT2D eigenvalue weighted by atomic mass is 32.7. The van der Waals surface area contributed by atoms with Crippen molar-refractivity contribution in [2.45, 2.75) is 49.1 Å². The van der Waals surface area contributed by atoms with Crippen LogP contribution >= 0.6 is 24.3 Å². The second kappa shape index (κ2) is 11.8. The smallest absolute Gasteiger partial charge is 0.386 e. The number of nitrogens with two attached hydrogens (primary N) is 2. The highest BCUT2D eigenvalue weighted by molar-refractivity contribution is 8.48. The van der Waals surface area contributed by atoms with Crippen LogP contribution in [-0.2, 0) is 43.9 Å². The molecule has 47 heavy (non-hydrogen) atoms. The number of ether oxygens (including phenoxy) is 2. The number of H-pyrrole nitrogens is 2. The van der Waals surface area contributed by atoms with Gasteiger partial charge in [-0.25, -0.2) is 14.5 Å². The van der Waals surface area contributed by atoms with E-state index in [0.29, 0.717) is 0 Å². The zero-order valence-electron chi connectivity index (χ0n) is 23.3. The molecule has 0 radical (unpaired) electrons. The molecule has 22 nitrogen and oxygen atoms in total. The molecular formula is C21H24N10O12P2S2. The van der Waals surface area contributed by atoms with E-state index in [1.54, 1.807) is 0 Å². The highest BCUT2D eigenvalue weighted by Gasteiger charge is 2.53. The summed E-state index contributed by atoms with van der Waals surface area (Å²) in [5, 5.41) is 22.6. The van der Waals surface area contributed by atoms with Crippen molar-refractivity contribution in [3.8, 4) is 5.69 Å². The summed E-state index contributed by atoms with van der Waals surface area (Å²) < 4.78 is 50.7. The van der Waals surface area contributed by atoms with Crippen LogP contribution in [0.4, 0.5) is 11.9 Å². The number of imidazole rings is 2. The zero-order valence-corrected chi connectivity index (χ0v) is 26.8. The highest BCUT2D eigenvalue weighted by Crippen LogP contribution is 2.59. The lowest BCUT2D eigenvalue weighted by Crippen LogP contribution is -2.38. The van der Waals surface area contributed by atoms with E-state index >= 15 is 0 Å². The molecule has 3 aliphatic rings. The lowest BCUT2D eigenvalue weighted by Gasteiger charge is -2.29. The van der Waals surface area contributed by atoms with Crippen LogP contribution in [0.3, 0.4) is 0 Å². The predicted octanol–water partition coefficient (Wildman–Crippen LogP) is -1.60. The molecule has 10 atom stereocenters. The van der Waals surface area contributed by atoms with Gasteiger partial charge in [0.15, 0.2) is 34.8 Å². The SMILES string of the molecule is C#S[P@]1(=O)OC[C@H]2O[C@@H](n3cnc4c(=O)[nH]c(N)nc43)[C@H](O)[C@@H]2OP(O)(=S)OC[C@H]2O[C@@H](n3cnc4c(=O)[nH]c(N)nc43)[C@H](O)[C@@H]2O1. The largest absolute Gasteiger partial charge is 0.418 e. The van der Waals surface area contributed by atoms with Gasteiger partial charge in [-0.05, 0) is 22.6 Å². The number of nitrogens with one attached hydrogen (secondary N) is 2. The van der Waals surface area contributed by atoms with Crippen LogP contribution in [0, 0.1) is 5.69 Å². The van der Waals surface area contributed by atoms with Crippen LogP contribution in [0.1, 0.15) is 12.5 Å². The monoisotopic (exact) mass is 734 g/mol. The minimum Gasteiger partial charge on any atom is -0.386 e. The van der Waals surface area contributed by atoms with Crippen molar-refractivity contribution in [3.63, 3.8) is 0 Å². The van der Waals surface area contributed by atoms with Gasteiger partial charge in [-0.1, -0.05) is 5.69 Å². The summed E-state index contributed by atoms with van der Waals surface area (Å²) in [5.41, 5.74) is 15.5. The van der Waals surface area contributed by atoms with Crippen LogP contribution in [0.15, 0.2) is 22.2 Å². The van der Waals surface area contributed by atoms with Crippen molar-refractivity contribution in [1.82, 2.24) is 39.0 Å². The van der Waals surface area contributed by atoms with Gasteiger partial charge in [-0.3, -0.25) is 42.3 Å². The Kier molecular flexibility index (Phi) is 8.10. The fraction of sp³-hybridized carbons (Fsp3) is 0.476. The van der Waals surface area contributed by atoms with Gasteiger partial charge >= 0.3 is 13.5 Å². The Balaban J connectivity index is 1.20. The Morgan fingerprint density at radius 2 is 1.36 bits per heavy atom. The number of fused-ring (bicyclic) bond motifs is 4. The van der Waals surface area contributed by atoms with Crippen LogP contribution in [-0.4, -0.2) is 104 Å². The number of aromatic nitrogens is 8. The van der Waals surface area contributed by atoms with Crippen molar-refractivity contribution in [2.75, 3.05) is 24.7 Å². The molecule has 7 heterocycles. The van der Waals surface area contributed by atoms with Gasteiger partial charge in [0.2, 0.25) is 11.9 Å². The Bertz CT molecular complexity index is 2150. The molecule has 7 rings (SSSR count). The first kappa shape index (κ1) is 32.4. The normalized spacial score (nSPS) is 36.5. The molecule has 0 aliphatic carbocycles. The second-order valence-electron chi connectivity index (χ2n) is 10.4. The Hall–Kier alpha value is -3.18. The maximum Gasteiger partial charge on any atom is 0.418 e. The van der Waals surface area contributed by atoms with Crippen LogP contribution < -0.4 is 22.6 Å². The van der Waals surface area contributed by atoms with E-state index in [-0.39, 0.29) is 45.0 Å². The third kappa shape index (κ3) is 5.71. The molecule has 4 aromatic heterocycles. The molecule has 0 bridgehead atoms. The second-order valence-corrected chi connectivity index (χ2v) is 16.8. The van der Waals surface area contributed by atoms with Crippen molar-refractivity contribution >= 4 is 70.3 Å². The molecule has 3 aliphatic heterocycles. The summed E-state index contributed by atoms with van der Waals surface area (Å²) in [6, 6.07) is 0. The first-order valence-corrected chi connectivity index (χ1v) is 19.0. The topological polar surface area (TPSA) is 312 Å². The summed E-state index contributed by atoms with van der Waals surface area (Å²) in [6.45, 7) is -9.82. The quantitative estimate of drug-likeness (QED) is 0.114. The molecule has 26 heteroatoms. The molecular weight excluding hydrogens is 710 g/mol. The molecule has 4 aromatic rings. The lowest BCUT2D eigenvalue weighted by atomic mass is 10.1. The number of hydrogen-bond donors (Lipinski definition) is 7. The molecule has 3 saturated heterocycles. The maximum atomic E-state index is 13.8. The molecule has 9 N–H and O–H groups in total. The third-order valence-corrected chi connectivity index (χ3v) is 11.6. The van der Waals surface area contributed by atoms with Crippen molar-refractivity contribution in [2.24, 2.45) is 0 Å². The van der Waals surface area contributed by atoms with E-state index < -0.39 is 86.9 Å². The van der Waals surface area contributed by atoms with Crippen molar-refractivity contribution in [3.05, 3.63) is 33.4 Å². The summed E-state index contributed by atoms with van der Waals surface area (Å²) in [6.07, 6.45) is -9.15. The van der Waals surface area contributed by atoms with Gasteiger partial charge in [0.05, 0.1) is 25.9 Å². The lowest BCUT2D eigenvalue weighted by molar-refractivity contribution is -0.0577. The Morgan fingerprint density at radius 3 is 1.85 bits per heavy atom. The fourth-order valence-electron chi connectivity index (χ4n) is 5.44. The van der Waals surface area contributed by atoms with Gasteiger partial charge in [0.1, 0.15) is 36.6 Å². The molecule has 0 saturated carbocycles. The average molecular weight is 735 g/mol. The first-order valence-electron chi connectivity index (χ1n) is 13.4. The molecule has 0 amide bonds. The van der Waals surface area contributed by atoms with E-state index in [0.717, 1.165) is 0 Å². The summed E-state index contributed by atoms with van der Waals surface area (Å²) in [5.74, 6) is -0.460. The number of nitrogen functional groups attached to an aromatic ring is 2. The van der Waals surface area contributed by atoms with Gasteiger partial charge in [-0.15, -0.1) is 0 Å². The predicted molar refractivity (Wildman–Crippen MR) is 163 cm³/mol. The number of aliphatic hydroxyl groups is 2. The van der Waals surface area contributed by atoms with Crippen molar-refractivity contribution < 1.29 is 47.2 Å². The van der Waals surface area contributed by atoms with Gasteiger partial charge in [0.25, 0.3) is 11.1 Å². The molecule has 3 fully saturated rings. The van der Waals surface area contributed by atoms with Gasteiger partial charge in [0, 0.05) is 0 Å². The number of hydrogen-bond acceptors (Lipinski definition) is 18. The van der Waals surface area contributed by atoms with Crippen LogP contribution in [0.25, 0.3) is 22.3 Å². The van der Waals surface area contributed by atoms with E-state index in [9.17, 15) is 29.3 Å². The fourth-order valence-corrected chi connectivity index (χ4v) is 8.75. The molecule has 252 valence electrons. The zero-order chi connectivity index (χ0) is 33.4. The van der Waals surface area contributed by atoms with Gasteiger partial charge in [-0.2, -0.15) is 9.97 Å². The molecule has 0 aromatic carbocycles. The standard InChI is InChI=1S/C21H24N10O12P2S2/c1-47-45(37)39-3-7-12(10(32)18(41-7)30-4-24-8-14(30)26-20(22)28-16(8)34)42-44(36,46)38-2-6-13(43-45)11(33)19(40-6)31-5-25-9-15(31)27-21(23)29-17(9)35/h1,4-7,10-13,18-19,32-33H,2-3H2,(H,36,46)(H3,22,26,28,34)(H3,23,27,29,35)/t6-,7-,10-,11-,12-,13-,18-,19-,44?,45-/m1/s1.